The van der Waals surface area contributed by atoms with Gasteiger partial charge in [-0.2, -0.15) is 0 Å². The zero-order valence-electron chi connectivity index (χ0n) is 11.2. The van der Waals surface area contributed by atoms with Crippen molar-refractivity contribution in [3.8, 4) is 11.8 Å². The SMILES string of the molecule is CC#CCCNCc1ccc(CC(C)C)cc1. The van der Waals surface area contributed by atoms with E-state index < -0.39 is 0 Å². The summed E-state index contributed by atoms with van der Waals surface area (Å²) in [5.41, 5.74) is 2.78. The summed E-state index contributed by atoms with van der Waals surface area (Å²) in [7, 11) is 0. The maximum absolute atomic E-state index is 3.39. The molecule has 0 spiro atoms. The Balaban J connectivity index is 2.31. The van der Waals surface area contributed by atoms with Gasteiger partial charge >= 0.3 is 0 Å². The second-order valence-electron chi connectivity index (χ2n) is 4.77. The lowest BCUT2D eigenvalue weighted by Gasteiger charge is -2.07. The summed E-state index contributed by atoms with van der Waals surface area (Å²) in [6.07, 6.45) is 2.10. The fraction of sp³-hybridized carbons (Fsp3) is 0.500. The molecule has 0 aromatic heterocycles. The van der Waals surface area contributed by atoms with Gasteiger partial charge in [0.15, 0.2) is 0 Å². The molecule has 0 atom stereocenters. The first-order valence-electron chi connectivity index (χ1n) is 6.40. The van der Waals surface area contributed by atoms with Gasteiger partial charge in [-0.25, -0.2) is 0 Å². The van der Waals surface area contributed by atoms with E-state index in [0.29, 0.717) is 0 Å². The second-order valence-corrected chi connectivity index (χ2v) is 4.77. The molecule has 0 aliphatic rings. The molecule has 1 nitrogen and oxygen atoms in total. The van der Waals surface area contributed by atoms with E-state index in [2.05, 4.69) is 55.3 Å². The molecule has 0 saturated heterocycles. The Morgan fingerprint density at radius 2 is 1.76 bits per heavy atom. The van der Waals surface area contributed by atoms with E-state index in [1.807, 2.05) is 6.92 Å². The van der Waals surface area contributed by atoms with Gasteiger partial charge in [0.1, 0.15) is 0 Å². The van der Waals surface area contributed by atoms with Gasteiger partial charge in [0.05, 0.1) is 0 Å². The third kappa shape index (κ3) is 6.14. The van der Waals surface area contributed by atoms with E-state index in [-0.39, 0.29) is 0 Å². The summed E-state index contributed by atoms with van der Waals surface area (Å²) in [5, 5.41) is 3.39. The molecule has 1 aromatic carbocycles. The highest BCUT2D eigenvalue weighted by atomic mass is 14.8. The third-order valence-electron chi connectivity index (χ3n) is 2.60. The lowest BCUT2D eigenvalue weighted by Crippen LogP contribution is -2.14. The van der Waals surface area contributed by atoms with Crippen LogP contribution in [0.2, 0.25) is 0 Å². The van der Waals surface area contributed by atoms with Crippen molar-refractivity contribution in [1.29, 1.82) is 0 Å². The molecule has 1 N–H and O–H groups in total. The first-order valence-corrected chi connectivity index (χ1v) is 6.40. The summed E-state index contributed by atoms with van der Waals surface area (Å²) in [6, 6.07) is 8.91. The predicted octanol–water partition coefficient (Wildman–Crippen LogP) is 3.39. The molecule has 92 valence electrons. The molecular weight excluding hydrogens is 206 g/mol. The van der Waals surface area contributed by atoms with Crippen molar-refractivity contribution in [3.05, 3.63) is 35.4 Å². The summed E-state index contributed by atoms with van der Waals surface area (Å²) in [4.78, 5) is 0. The minimum Gasteiger partial charge on any atom is -0.312 e. The van der Waals surface area contributed by atoms with Crippen molar-refractivity contribution in [2.75, 3.05) is 6.54 Å². The molecule has 0 fully saturated rings. The van der Waals surface area contributed by atoms with Crippen LogP contribution in [-0.4, -0.2) is 6.54 Å². The average Bonchev–Trinajstić information content (AvgIpc) is 2.30. The Labute approximate surface area is 106 Å². The van der Waals surface area contributed by atoms with E-state index in [0.717, 1.165) is 25.4 Å². The molecule has 1 heteroatoms. The van der Waals surface area contributed by atoms with Crippen LogP contribution >= 0.6 is 0 Å². The van der Waals surface area contributed by atoms with E-state index in [9.17, 15) is 0 Å². The van der Waals surface area contributed by atoms with Gasteiger partial charge in [0.2, 0.25) is 0 Å². The van der Waals surface area contributed by atoms with Crippen LogP contribution in [0.1, 0.15) is 38.3 Å². The molecule has 17 heavy (non-hydrogen) atoms. The van der Waals surface area contributed by atoms with Gasteiger partial charge in [-0.15, -0.1) is 11.8 Å². The van der Waals surface area contributed by atoms with E-state index in [1.165, 1.54) is 17.5 Å². The second kappa shape index (κ2) is 7.92. The Morgan fingerprint density at radius 3 is 2.35 bits per heavy atom. The van der Waals surface area contributed by atoms with Crippen LogP contribution in [0.5, 0.6) is 0 Å². The highest BCUT2D eigenvalue weighted by Crippen LogP contribution is 2.09. The minimum absolute atomic E-state index is 0.728. The molecule has 0 bridgehead atoms. The number of hydrogen-bond acceptors (Lipinski definition) is 1. The monoisotopic (exact) mass is 229 g/mol. The number of nitrogens with one attached hydrogen (secondary N) is 1. The molecule has 1 rings (SSSR count). The standard InChI is InChI=1S/C16H23N/c1-4-5-6-11-17-13-16-9-7-15(8-10-16)12-14(2)3/h7-10,14,17H,6,11-13H2,1-3H3. The fourth-order valence-electron chi connectivity index (χ4n) is 1.77. The lowest BCUT2D eigenvalue weighted by molar-refractivity contribution is 0.646. The van der Waals surface area contributed by atoms with Crippen molar-refractivity contribution >= 4 is 0 Å². The Kier molecular flexibility index (Phi) is 6.43. The Hall–Kier alpha value is -1.26. The maximum atomic E-state index is 3.39. The molecule has 0 aliphatic carbocycles. The van der Waals surface area contributed by atoms with Gasteiger partial charge in [-0.1, -0.05) is 38.1 Å². The predicted molar refractivity (Wildman–Crippen MR) is 74.8 cm³/mol. The van der Waals surface area contributed by atoms with Crippen molar-refractivity contribution in [2.24, 2.45) is 5.92 Å². The molecule has 0 saturated carbocycles. The van der Waals surface area contributed by atoms with E-state index in [4.69, 9.17) is 0 Å². The smallest absolute Gasteiger partial charge is 0.0214 e. The molecule has 0 aliphatic heterocycles. The topological polar surface area (TPSA) is 12.0 Å². The van der Waals surface area contributed by atoms with Gasteiger partial charge in [-0.3, -0.25) is 0 Å². The largest absolute Gasteiger partial charge is 0.312 e. The molecule has 0 radical (unpaired) electrons. The number of benzene rings is 1. The highest BCUT2D eigenvalue weighted by Gasteiger charge is 1.98. The molecule has 0 heterocycles. The van der Waals surface area contributed by atoms with Crippen LogP contribution in [0.4, 0.5) is 0 Å². The van der Waals surface area contributed by atoms with Gasteiger partial charge in [-0.05, 0) is 30.4 Å². The minimum atomic E-state index is 0.728. The highest BCUT2D eigenvalue weighted by molar-refractivity contribution is 5.22. The lowest BCUT2D eigenvalue weighted by atomic mass is 10.0. The van der Waals surface area contributed by atoms with Gasteiger partial charge in [0.25, 0.3) is 0 Å². The first-order chi connectivity index (χ1) is 8.22. The van der Waals surface area contributed by atoms with Gasteiger partial charge in [0, 0.05) is 19.5 Å². The molecule has 0 amide bonds. The van der Waals surface area contributed by atoms with E-state index >= 15 is 0 Å². The molecule has 1 aromatic rings. The van der Waals surface area contributed by atoms with Crippen molar-refractivity contribution in [3.63, 3.8) is 0 Å². The molecular formula is C16H23N. The first kappa shape index (κ1) is 13.8. The normalized spacial score (nSPS) is 10.1. The number of hydrogen-bond donors (Lipinski definition) is 1. The zero-order chi connectivity index (χ0) is 12.5. The zero-order valence-corrected chi connectivity index (χ0v) is 11.2. The van der Waals surface area contributed by atoms with Crippen molar-refractivity contribution in [1.82, 2.24) is 5.32 Å². The van der Waals surface area contributed by atoms with Crippen LogP contribution in [0.15, 0.2) is 24.3 Å². The van der Waals surface area contributed by atoms with Crippen LogP contribution in [0.25, 0.3) is 0 Å². The van der Waals surface area contributed by atoms with Crippen LogP contribution in [0, 0.1) is 17.8 Å². The summed E-state index contributed by atoms with van der Waals surface area (Å²) in [5.74, 6) is 6.68. The average molecular weight is 229 g/mol. The van der Waals surface area contributed by atoms with Crippen molar-refractivity contribution < 1.29 is 0 Å². The molecule has 0 unspecified atom stereocenters. The Morgan fingerprint density at radius 1 is 1.12 bits per heavy atom. The fourth-order valence-corrected chi connectivity index (χ4v) is 1.77. The summed E-state index contributed by atoms with van der Waals surface area (Å²) >= 11 is 0. The van der Waals surface area contributed by atoms with Crippen LogP contribution in [-0.2, 0) is 13.0 Å². The van der Waals surface area contributed by atoms with E-state index in [1.54, 1.807) is 0 Å². The van der Waals surface area contributed by atoms with Crippen LogP contribution in [0.3, 0.4) is 0 Å². The quantitative estimate of drug-likeness (QED) is 0.582. The van der Waals surface area contributed by atoms with Crippen molar-refractivity contribution in [2.45, 2.75) is 40.2 Å². The number of rotatable bonds is 6. The van der Waals surface area contributed by atoms with Crippen LogP contribution < -0.4 is 5.32 Å². The maximum Gasteiger partial charge on any atom is 0.0214 e. The summed E-state index contributed by atoms with van der Waals surface area (Å²) in [6.45, 7) is 8.30. The summed E-state index contributed by atoms with van der Waals surface area (Å²) < 4.78 is 0. The third-order valence-corrected chi connectivity index (χ3v) is 2.60. The Bertz CT molecular complexity index is 365. The van der Waals surface area contributed by atoms with Gasteiger partial charge < -0.3 is 5.32 Å².